The highest BCUT2D eigenvalue weighted by molar-refractivity contribution is 7.80. The molecule has 7 heteroatoms. The first-order valence-corrected chi connectivity index (χ1v) is 6.45. The molecule has 0 radical (unpaired) electrons. The Hall–Kier alpha value is -2.67. The highest BCUT2D eigenvalue weighted by Crippen LogP contribution is 2.22. The molecule has 0 unspecified atom stereocenters. The van der Waals surface area contributed by atoms with Crippen LogP contribution in [0.5, 0.6) is 0 Å². The number of thiocarbonyl (C=S) groups is 1. The summed E-state index contributed by atoms with van der Waals surface area (Å²) in [6, 6.07) is 10.0. The van der Waals surface area contributed by atoms with Gasteiger partial charge in [-0.2, -0.15) is 5.10 Å². The molecule has 1 heterocycles. The maximum Gasteiger partial charge on any atom is 0.335 e. The van der Waals surface area contributed by atoms with Crippen LogP contribution >= 0.6 is 12.2 Å². The lowest BCUT2D eigenvalue weighted by Gasteiger charge is -1.99. The molecular formula is C14H13N3O3S. The predicted octanol–water partition coefficient (Wildman–Crippen LogP) is 2.07. The number of carboxylic acids is 1. The van der Waals surface area contributed by atoms with Gasteiger partial charge in [0, 0.05) is 12.6 Å². The Labute approximate surface area is 126 Å². The summed E-state index contributed by atoms with van der Waals surface area (Å²) < 4.78 is 5.57. The minimum absolute atomic E-state index is 0.208. The van der Waals surface area contributed by atoms with Gasteiger partial charge in [0.1, 0.15) is 11.5 Å². The van der Waals surface area contributed by atoms with Crippen LogP contribution in [0.1, 0.15) is 16.1 Å². The number of hydrogen-bond donors (Lipinski definition) is 3. The van der Waals surface area contributed by atoms with E-state index in [1.165, 1.54) is 12.3 Å². The van der Waals surface area contributed by atoms with Crippen molar-refractivity contribution in [3.63, 3.8) is 0 Å². The van der Waals surface area contributed by atoms with Gasteiger partial charge in [0.2, 0.25) is 0 Å². The lowest BCUT2D eigenvalue weighted by Crippen LogP contribution is -2.28. The van der Waals surface area contributed by atoms with E-state index < -0.39 is 5.97 Å². The van der Waals surface area contributed by atoms with Crippen LogP contribution in [0.15, 0.2) is 45.9 Å². The molecule has 108 valence electrons. The molecule has 1 aromatic heterocycles. The van der Waals surface area contributed by atoms with Crippen molar-refractivity contribution in [2.45, 2.75) is 0 Å². The lowest BCUT2D eigenvalue weighted by molar-refractivity contribution is 0.0697. The number of nitrogens with zero attached hydrogens (tertiary/aromatic N) is 1. The number of nitrogens with one attached hydrogen (secondary N) is 2. The maximum atomic E-state index is 10.9. The van der Waals surface area contributed by atoms with Crippen molar-refractivity contribution in [3.8, 4) is 11.3 Å². The standard InChI is InChI=1S/C14H13N3O3S/c1-15-14(21)17-16-8-11-5-6-12(20-11)9-3-2-4-10(7-9)13(18)19/h2-8H,1H3,(H,18,19)(H2,15,17,21)/b16-8-. The molecule has 0 aliphatic carbocycles. The average Bonchev–Trinajstić information content (AvgIpc) is 2.96. The van der Waals surface area contributed by atoms with Gasteiger partial charge in [-0.1, -0.05) is 12.1 Å². The molecule has 0 saturated heterocycles. The number of benzene rings is 1. The molecule has 2 rings (SSSR count). The summed E-state index contributed by atoms with van der Waals surface area (Å²) in [5, 5.41) is 16.0. The van der Waals surface area contributed by atoms with Crippen molar-refractivity contribution >= 4 is 29.5 Å². The molecule has 1 aromatic carbocycles. The van der Waals surface area contributed by atoms with Gasteiger partial charge in [0.25, 0.3) is 0 Å². The van der Waals surface area contributed by atoms with Gasteiger partial charge in [-0.25, -0.2) is 4.79 Å². The SMILES string of the molecule is CNC(=S)N/N=C\c1ccc(-c2cccc(C(=O)O)c2)o1. The Morgan fingerprint density at radius 1 is 1.38 bits per heavy atom. The molecule has 0 aliphatic rings. The summed E-state index contributed by atoms with van der Waals surface area (Å²) in [4.78, 5) is 10.9. The molecule has 6 nitrogen and oxygen atoms in total. The summed E-state index contributed by atoms with van der Waals surface area (Å²) in [5.41, 5.74) is 3.50. The zero-order chi connectivity index (χ0) is 15.2. The Kier molecular flexibility index (Phi) is 4.68. The fourth-order valence-corrected chi connectivity index (χ4v) is 1.65. The Morgan fingerprint density at radius 3 is 2.90 bits per heavy atom. The summed E-state index contributed by atoms with van der Waals surface area (Å²) in [5.74, 6) is 0.114. The lowest BCUT2D eigenvalue weighted by atomic mass is 10.1. The van der Waals surface area contributed by atoms with Gasteiger partial charge in [-0.05, 0) is 36.5 Å². The van der Waals surface area contributed by atoms with Gasteiger partial charge in [0.15, 0.2) is 5.11 Å². The minimum atomic E-state index is -0.977. The van der Waals surface area contributed by atoms with E-state index in [0.29, 0.717) is 22.2 Å². The predicted molar refractivity (Wildman–Crippen MR) is 83.5 cm³/mol. The van der Waals surface area contributed by atoms with E-state index in [2.05, 4.69) is 15.8 Å². The fourth-order valence-electron chi connectivity index (χ4n) is 1.59. The highest BCUT2D eigenvalue weighted by Gasteiger charge is 2.07. The highest BCUT2D eigenvalue weighted by atomic mass is 32.1. The smallest absolute Gasteiger partial charge is 0.335 e. The Morgan fingerprint density at radius 2 is 2.19 bits per heavy atom. The number of rotatable bonds is 4. The molecule has 0 saturated carbocycles. The van der Waals surface area contributed by atoms with Crippen molar-refractivity contribution in [3.05, 3.63) is 47.7 Å². The maximum absolute atomic E-state index is 10.9. The number of hydrogen-bond acceptors (Lipinski definition) is 4. The number of carbonyl (C=O) groups is 1. The van der Waals surface area contributed by atoms with E-state index >= 15 is 0 Å². The van der Waals surface area contributed by atoms with Crippen molar-refractivity contribution in [1.82, 2.24) is 10.7 Å². The third kappa shape index (κ3) is 3.90. The largest absolute Gasteiger partial charge is 0.478 e. The quantitative estimate of drug-likeness (QED) is 0.455. The second kappa shape index (κ2) is 6.67. The van der Waals surface area contributed by atoms with Crippen molar-refractivity contribution < 1.29 is 14.3 Å². The first-order valence-electron chi connectivity index (χ1n) is 6.04. The minimum Gasteiger partial charge on any atom is -0.478 e. The average molecular weight is 303 g/mol. The summed E-state index contributed by atoms with van der Waals surface area (Å²) in [7, 11) is 1.69. The number of aromatic carboxylic acids is 1. The van der Waals surface area contributed by atoms with Gasteiger partial charge < -0.3 is 14.8 Å². The topological polar surface area (TPSA) is 86.9 Å². The molecule has 3 N–H and O–H groups in total. The van der Waals surface area contributed by atoms with Crippen LogP contribution in [-0.2, 0) is 0 Å². The van der Waals surface area contributed by atoms with E-state index in [4.69, 9.17) is 21.7 Å². The summed E-state index contributed by atoms with van der Waals surface area (Å²) in [6.07, 6.45) is 1.48. The van der Waals surface area contributed by atoms with Crippen LogP contribution in [0.3, 0.4) is 0 Å². The number of hydrazone groups is 1. The van der Waals surface area contributed by atoms with Crippen LogP contribution in [0.4, 0.5) is 0 Å². The molecule has 21 heavy (non-hydrogen) atoms. The molecule has 0 bridgehead atoms. The molecule has 0 atom stereocenters. The monoisotopic (exact) mass is 303 g/mol. The first kappa shape index (κ1) is 14.7. The Bertz CT molecular complexity index is 694. The van der Waals surface area contributed by atoms with E-state index in [0.717, 1.165) is 0 Å². The number of carboxylic acid groups (broad SMARTS) is 1. The molecular weight excluding hydrogens is 290 g/mol. The Balaban J connectivity index is 2.14. The molecule has 2 aromatic rings. The van der Waals surface area contributed by atoms with E-state index in [1.807, 2.05) is 0 Å². The van der Waals surface area contributed by atoms with Gasteiger partial charge in [-0.15, -0.1) is 0 Å². The van der Waals surface area contributed by atoms with E-state index in [9.17, 15) is 4.79 Å². The fraction of sp³-hybridized carbons (Fsp3) is 0.0714. The normalized spacial score (nSPS) is 10.5. The van der Waals surface area contributed by atoms with Crippen molar-refractivity contribution in [2.24, 2.45) is 5.10 Å². The molecule has 0 spiro atoms. The third-order valence-electron chi connectivity index (χ3n) is 2.61. The van der Waals surface area contributed by atoms with E-state index in [1.54, 1.807) is 37.4 Å². The van der Waals surface area contributed by atoms with E-state index in [-0.39, 0.29) is 5.56 Å². The molecule has 0 fully saturated rings. The first-order chi connectivity index (χ1) is 10.1. The zero-order valence-corrected chi connectivity index (χ0v) is 12.0. The van der Waals surface area contributed by atoms with Crippen LogP contribution in [0, 0.1) is 0 Å². The second-order valence-electron chi connectivity index (χ2n) is 4.04. The van der Waals surface area contributed by atoms with Crippen LogP contribution < -0.4 is 10.7 Å². The van der Waals surface area contributed by atoms with Crippen molar-refractivity contribution in [1.29, 1.82) is 0 Å². The van der Waals surface area contributed by atoms with Gasteiger partial charge in [0.05, 0.1) is 11.8 Å². The third-order valence-corrected chi connectivity index (χ3v) is 2.90. The second-order valence-corrected chi connectivity index (χ2v) is 4.45. The summed E-state index contributed by atoms with van der Waals surface area (Å²) in [6.45, 7) is 0. The van der Waals surface area contributed by atoms with Gasteiger partial charge >= 0.3 is 5.97 Å². The van der Waals surface area contributed by atoms with Gasteiger partial charge in [-0.3, -0.25) is 5.43 Å². The molecule has 0 amide bonds. The molecule has 0 aliphatic heterocycles. The summed E-state index contributed by atoms with van der Waals surface area (Å²) >= 11 is 4.87. The number of furan rings is 1. The van der Waals surface area contributed by atoms with Crippen molar-refractivity contribution in [2.75, 3.05) is 7.05 Å². The van der Waals surface area contributed by atoms with Crippen LogP contribution in [0.25, 0.3) is 11.3 Å². The van der Waals surface area contributed by atoms with Crippen LogP contribution in [-0.4, -0.2) is 29.5 Å². The zero-order valence-electron chi connectivity index (χ0n) is 11.2. The van der Waals surface area contributed by atoms with Crippen LogP contribution in [0.2, 0.25) is 0 Å².